The number of benzene rings is 1. The summed E-state index contributed by atoms with van der Waals surface area (Å²) < 4.78 is 10.9. The third-order valence-electron chi connectivity index (χ3n) is 2.68. The van der Waals surface area contributed by atoms with Gasteiger partial charge in [-0.2, -0.15) is 0 Å². The highest BCUT2D eigenvalue weighted by Crippen LogP contribution is 2.21. The number of hydrogen-bond acceptors (Lipinski definition) is 3. The van der Waals surface area contributed by atoms with Crippen LogP contribution in [0.15, 0.2) is 36.1 Å². The summed E-state index contributed by atoms with van der Waals surface area (Å²) in [5.74, 6) is 2.78. The van der Waals surface area contributed by atoms with Gasteiger partial charge in [0, 0.05) is 19.5 Å². The molecule has 2 rings (SSSR count). The molecule has 1 aromatic rings. The second-order valence-corrected chi connectivity index (χ2v) is 3.96. The normalized spacial score (nSPS) is 16.8. The Morgan fingerprint density at radius 3 is 2.38 bits per heavy atom. The van der Waals surface area contributed by atoms with Gasteiger partial charge in [-0.25, -0.2) is 0 Å². The van der Waals surface area contributed by atoms with E-state index in [4.69, 9.17) is 9.47 Å². The van der Waals surface area contributed by atoms with Crippen molar-refractivity contribution >= 4 is 0 Å². The van der Waals surface area contributed by atoms with Crippen LogP contribution in [0.1, 0.15) is 6.42 Å². The second-order valence-electron chi connectivity index (χ2n) is 3.96. The Balaban J connectivity index is 1.98. The van der Waals surface area contributed by atoms with E-state index in [0.29, 0.717) is 0 Å². The third kappa shape index (κ3) is 2.76. The lowest BCUT2D eigenvalue weighted by Gasteiger charge is -2.21. The van der Waals surface area contributed by atoms with Gasteiger partial charge in [-0.05, 0) is 37.4 Å². The zero-order valence-electron chi connectivity index (χ0n) is 9.77. The minimum absolute atomic E-state index is 0.852. The standard InChI is InChI=1S/C13H17NO2/c1-14-9-7-13(8-10-14)16-12-5-3-11(15-2)4-6-12/h3-7H,8-10H2,1-2H3. The van der Waals surface area contributed by atoms with Crippen LogP contribution in [0.25, 0.3) is 0 Å². The van der Waals surface area contributed by atoms with E-state index >= 15 is 0 Å². The van der Waals surface area contributed by atoms with E-state index in [1.807, 2.05) is 24.3 Å². The average molecular weight is 219 g/mol. The molecule has 0 amide bonds. The molecule has 0 spiro atoms. The average Bonchev–Trinajstić information content (AvgIpc) is 2.33. The summed E-state index contributed by atoms with van der Waals surface area (Å²) in [5.41, 5.74) is 0. The number of ether oxygens (including phenoxy) is 2. The van der Waals surface area contributed by atoms with Gasteiger partial charge in [0.25, 0.3) is 0 Å². The van der Waals surface area contributed by atoms with Gasteiger partial charge in [-0.1, -0.05) is 0 Å². The fourth-order valence-corrected chi connectivity index (χ4v) is 1.64. The molecule has 1 aliphatic heterocycles. The Morgan fingerprint density at radius 1 is 1.12 bits per heavy atom. The largest absolute Gasteiger partial charge is 0.497 e. The highest BCUT2D eigenvalue weighted by atomic mass is 16.5. The van der Waals surface area contributed by atoms with Crippen molar-refractivity contribution < 1.29 is 9.47 Å². The van der Waals surface area contributed by atoms with Crippen molar-refractivity contribution in [2.75, 3.05) is 27.2 Å². The van der Waals surface area contributed by atoms with Gasteiger partial charge in [-0.15, -0.1) is 0 Å². The summed E-state index contributed by atoms with van der Waals surface area (Å²) in [5, 5.41) is 0. The quantitative estimate of drug-likeness (QED) is 0.778. The van der Waals surface area contributed by atoms with Crippen LogP contribution in [0.4, 0.5) is 0 Å². The number of hydrogen-bond donors (Lipinski definition) is 0. The van der Waals surface area contributed by atoms with Crippen molar-refractivity contribution in [2.24, 2.45) is 0 Å². The lowest BCUT2D eigenvalue weighted by Crippen LogP contribution is -2.25. The van der Waals surface area contributed by atoms with E-state index in [1.165, 1.54) is 0 Å². The summed E-state index contributed by atoms with van der Waals surface area (Å²) in [4.78, 5) is 2.26. The van der Waals surface area contributed by atoms with Crippen LogP contribution in [-0.2, 0) is 0 Å². The van der Waals surface area contributed by atoms with Crippen molar-refractivity contribution in [1.82, 2.24) is 4.90 Å². The number of rotatable bonds is 3. The molecule has 3 nitrogen and oxygen atoms in total. The molecular formula is C13H17NO2. The Kier molecular flexibility index (Phi) is 3.47. The molecule has 0 bridgehead atoms. The van der Waals surface area contributed by atoms with Crippen LogP contribution < -0.4 is 9.47 Å². The Labute approximate surface area is 96.3 Å². The Hall–Kier alpha value is -1.48. The summed E-state index contributed by atoms with van der Waals surface area (Å²) in [6.07, 6.45) is 3.11. The maximum atomic E-state index is 5.78. The predicted molar refractivity (Wildman–Crippen MR) is 63.8 cm³/mol. The van der Waals surface area contributed by atoms with Gasteiger partial charge >= 0.3 is 0 Å². The number of nitrogens with zero attached hydrogens (tertiary/aromatic N) is 1. The van der Waals surface area contributed by atoms with E-state index in [9.17, 15) is 0 Å². The molecule has 0 aliphatic carbocycles. The van der Waals surface area contributed by atoms with Gasteiger partial charge in [0.2, 0.25) is 0 Å². The fraction of sp³-hybridized carbons (Fsp3) is 0.385. The minimum atomic E-state index is 0.852. The zero-order valence-corrected chi connectivity index (χ0v) is 9.77. The molecule has 16 heavy (non-hydrogen) atoms. The topological polar surface area (TPSA) is 21.7 Å². The van der Waals surface area contributed by atoms with Gasteiger partial charge in [0.05, 0.1) is 7.11 Å². The third-order valence-corrected chi connectivity index (χ3v) is 2.68. The second kappa shape index (κ2) is 5.03. The monoisotopic (exact) mass is 219 g/mol. The molecule has 1 aromatic carbocycles. The SMILES string of the molecule is COc1ccc(OC2=CCN(C)CC2)cc1. The van der Waals surface area contributed by atoms with Gasteiger partial charge in [0.15, 0.2) is 0 Å². The molecule has 1 aliphatic rings. The molecule has 0 saturated carbocycles. The Bertz CT molecular complexity index is 370. The van der Waals surface area contributed by atoms with Gasteiger partial charge in [0.1, 0.15) is 17.3 Å². The van der Waals surface area contributed by atoms with Crippen LogP contribution in [0, 0.1) is 0 Å². The lowest BCUT2D eigenvalue weighted by molar-refractivity contribution is 0.302. The maximum Gasteiger partial charge on any atom is 0.127 e. The van der Waals surface area contributed by atoms with Crippen molar-refractivity contribution in [3.63, 3.8) is 0 Å². The predicted octanol–water partition coefficient (Wildman–Crippen LogP) is 2.29. The molecule has 0 atom stereocenters. The molecule has 0 fully saturated rings. The molecule has 0 unspecified atom stereocenters. The molecule has 0 aromatic heterocycles. The summed E-state index contributed by atoms with van der Waals surface area (Å²) in [6, 6.07) is 7.67. The fourth-order valence-electron chi connectivity index (χ4n) is 1.64. The molecule has 1 heterocycles. The van der Waals surface area contributed by atoms with Gasteiger partial charge < -0.3 is 14.4 Å². The first-order valence-corrected chi connectivity index (χ1v) is 5.47. The first kappa shape index (κ1) is 11.0. The van der Waals surface area contributed by atoms with E-state index < -0.39 is 0 Å². The molecule has 86 valence electrons. The van der Waals surface area contributed by atoms with E-state index in [2.05, 4.69) is 18.0 Å². The van der Waals surface area contributed by atoms with Crippen molar-refractivity contribution in [3.05, 3.63) is 36.1 Å². The summed E-state index contributed by atoms with van der Waals surface area (Å²) >= 11 is 0. The minimum Gasteiger partial charge on any atom is -0.497 e. The first-order chi connectivity index (χ1) is 7.78. The van der Waals surface area contributed by atoms with Crippen molar-refractivity contribution in [1.29, 1.82) is 0 Å². The molecule has 0 N–H and O–H groups in total. The van der Waals surface area contributed by atoms with Crippen molar-refractivity contribution in [2.45, 2.75) is 6.42 Å². The first-order valence-electron chi connectivity index (χ1n) is 5.47. The zero-order chi connectivity index (χ0) is 11.4. The molecular weight excluding hydrogens is 202 g/mol. The van der Waals surface area contributed by atoms with Crippen LogP contribution >= 0.6 is 0 Å². The number of likely N-dealkylation sites (N-methyl/N-ethyl adjacent to an activating group) is 1. The van der Waals surface area contributed by atoms with E-state index in [1.54, 1.807) is 7.11 Å². The van der Waals surface area contributed by atoms with E-state index in [0.717, 1.165) is 36.8 Å². The van der Waals surface area contributed by atoms with Crippen molar-refractivity contribution in [3.8, 4) is 11.5 Å². The summed E-state index contributed by atoms with van der Waals surface area (Å²) in [7, 11) is 3.77. The number of methoxy groups -OCH3 is 1. The van der Waals surface area contributed by atoms with Crippen LogP contribution in [0.5, 0.6) is 11.5 Å². The molecule has 0 saturated heterocycles. The van der Waals surface area contributed by atoms with Crippen LogP contribution in [-0.4, -0.2) is 32.1 Å². The Morgan fingerprint density at radius 2 is 1.81 bits per heavy atom. The van der Waals surface area contributed by atoms with Crippen LogP contribution in [0.3, 0.4) is 0 Å². The van der Waals surface area contributed by atoms with E-state index in [-0.39, 0.29) is 0 Å². The highest BCUT2D eigenvalue weighted by Gasteiger charge is 2.09. The van der Waals surface area contributed by atoms with Crippen LogP contribution in [0.2, 0.25) is 0 Å². The molecule has 0 radical (unpaired) electrons. The lowest BCUT2D eigenvalue weighted by atomic mass is 10.2. The summed E-state index contributed by atoms with van der Waals surface area (Å²) in [6.45, 7) is 2.02. The highest BCUT2D eigenvalue weighted by molar-refractivity contribution is 5.32. The molecule has 3 heteroatoms. The maximum absolute atomic E-state index is 5.78. The smallest absolute Gasteiger partial charge is 0.127 e. The van der Waals surface area contributed by atoms with Gasteiger partial charge in [-0.3, -0.25) is 0 Å².